The van der Waals surface area contributed by atoms with Crippen molar-refractivity contribution in [3.8, 4) is 11.1 Å². The van der Waals surface area contributed by atoms with Gasteiger partial charge in [-0.3, -0.25) is 4.79 Å². The molecule has 2 rings (SSSR count). The Kier molecular flexibility index (Phi) is 3.51. The molecule has 0 atom stereocenters. The number of esters is 1. The summed E-state index contributed by atoms with van der Waals surface area (Å²) in [6.07, 6.45) is 1.78. The van der Waals surface area contributed by atoms with Gasteiger partial charge < -0.3 is 9.30 Å². The molecule has 0 radical (unpaired) electrons. The molecule has 0 aliphatic rings. The van der Waals surface area contributed by atoms with E-state index < -0.39 is 0 Å². The smallest absolute Gasteiger partial charge is 0.337 e. The van der Waals surface area contributed by atoms with Gasteiger partial charge in [0.1, 0.15) is 0 Å². The number of hydrogen-bond acceptors (Lipinski definition) is 3. The summed E-state index contributed by atoms with van der Waals surface area (Å²) in [6.45, 7) is 1.79. The predicted octanol–water partition coefficient (Wildman–Crippen LogP) is 2.15. The maximum absolute atomic E-state index is 11.6. The van der Waals surface area contributed by atoms with Gasteiger partial charge in [0.2, 0.25) is 0 Å². The second-order valence-corrected chi connectivity index (χ2v) is 4.40. The molecule has 19 heavy (non-hydrogen) atoms. The van der Waals surface area contributed by atoms with Crippen LogP contribution in [0.4, 0.5) is 0 Å². The molecule has 0 spiro atoms. The minimum Gasteiger partial charge on any atom is -0.465 e. The van der Waals surface area contributed by atoms with Crippen LogP contribution >= 0.6 is 0 Å². The fourth-order valence-electron chi connectivity index (χ4n) is 1.95. The number of ether oxygens (including phenoxy) is 1. The fourth-order valence-corrected chi connectivity index (χ4v) is 1.95. The average molecular weight is 257 g/mol. The summed E-state index contributed by atoms with van der Waals surface area (Å²) in [7, 11) is 3.08. The molecule has 0 amide bonds. The lowest BCUT2D eigenvalue weighted by Crippen LogP contribution is -2.18. The zero-order chi connectivity index (χ0) is 14.0. The van der Waals surface area contributed by atoms with Crippen LogP contribution in [-0.4, -0.2) is 17.6 Å². The minimum absolute atomic E-state index is 0.00469. The van der Waals surface area contributed by atoms with Gasteiger partial charge in [-0.1, -0.05) is 12.1 Å². The van der Waals surface area contributed by atoms with E-state index in [1.54, 1.807) is 36.9 Å². The van der Waals surface area contributed by atoms with Gasteiger partial charge in [0.25, 0.3) is 5.56 Å². The second-order valence-electron chi connectivity index (χ2n) is 4.40. The molecule has 1 heterocycles. The number of methoxy groups -OCH3 is 1. The molecule has 0 N–H and O–H groups in total. The fraction of sp³-hybridized carbons (Fsp3) is 0.200. The molecule has 4 nitrogen and oxygen atoms in total. The Labute approximate surface area is 111 Å². The van der Waals surface area contributed by atoms with E-state index in [2.05, 4.69) is 4.74 Å². The molecular weight excluding hydrogens is 242 g/mol. The first-order chi connectivity index (χ1) is 9.02. The van der Waals surface area contributed by atoms with Gasteiger partial charge >= 0.3 is 5.97 Å². The molecular formula is C15H15NO3. The quantitative estimate of drug-likeness (QED) is 0.774. The SMILES string of the molecule is COC(=O)c1ccc(-c2cc(C)c(=O)n(C)c2)cc1. The lowest BCUT2D eigenvalue weighted by atomic mass is 10.0. The topological polar surface area (TPSA) is 48.3 Å². The highest BCUT2D eigenvalue weighted by Gasteiger charge is 2.06. The lowest BCUT2D eigenvalue weighted by molar-refractivity contribution is 0.0601. The van der Waals surface area contributed by atoms with Crippen molar-refractivity contribution in [3.05, 3.63) is 58.0 Å². The summed E-state index contributed by atoms with van der Waals surface area (Å²) < 4.78 is 6.21. The summed E-state index contributed by atoms with van der Waals surface area (Å²) in [6, 6.07) is 8.94. The molecule has 1 aromatic heterocycles. The zero-order valence-electron chi connectivity index (χ0n) is 11.1. The van der Waals surface area contributed by atoms with Crippen LogP contribution in [0.25, 0.3) is 11.1 Å². The Bertz CT molecular complexity index is 643. The number of aryl methyl sites for hydroxylation is 2. The second kappa shape index (κ2) is 5.10. The van der Waals surface area contributed by atoms with Crippen LogP contribution in [0, 0.1) is 6.92 Å². The van der Waals surface area contributed by atoms with Crippen LogP contribution in [0.5, 0.6) is 0 Å². The molecule has 0 saturated heterocycles. The van der Waals surface area contributed by atoms with Crippen LogP contribution in [0.1, 0.15) is 15.9 Å². The molecule has 0 aliphatic carbocycles. The molecule has 0 unspecified atom stereocenters. The number of rotatable bonds is 2. The lowest BCUT2D eigenvalue weighted by Gasteiger charge is -2.07. The number of carbonyl (C=O) groups excluding carboxylic acids is 1. The Morgan fingerprint density at radius 3 is 2.32 bits per heavy atom. The Morgan fingerprint density at radius 2 is 1.79 bits per heavy atom. The van der Waals surface area contributed by atoms with Crippen molar-refractivity contribution in [2.75, 3.05) is 7.11 Å². The molecule has 0 saturated carbocycles. The monoisotopic (exact) mass is 257 g/mol. The van der Waals surface area contributed by atoms with Gasteiger partial charge in [0, 0.05) is 18.8 Å². The number of pyridine rings is 1. The average Bonchev–Trinajstić information content (AvgIpc) is 2.43. The third-order valence-electron chi connectivity index (χ3n) is 3.00. The van der Waals surface area contributed by atoms with E-state index in [0.29, 0.717) is 11.1 Å². The Balaban J connectivity index is 2.43. The van der Waals surface area contributed by atoms with Crippen LogP contribution in [0.15, 0.2) is 41.3 Å². The molecule has 0 aliphatic heterocycles. The number of hydrogen-bond donors (Lipinski definition) is 0. The van der Waals surface area contributed by atoms with Crippen molar-refractivity contribution in [2.45, 2.75) is 6.92 Å². The van der Waals surface area contributed by atoms with E-state index in [9.17, 15) is 9.59 Å². The number of carbonyl (C=O) groups is 1. The van der Waals surface area contributed by atoms with Gasteiger partial charge in [0.05, 0.1) is 12.7 Å². The van der Waals surface area contributed by atoms with Crippen molar-refractivity contribution >= 4 is 5.97 Å². The highest BCUT2D eigenvalue weighted by atomic mass is 16.5. The maximum Gasteiger partial charge on any atom is 0.337 e. The summed E-state index contributed by atoms with van der Waals surface area (Å²) >= 11 is 0. The number of nitrogens with zero attached hydrogens (tertiary/aromatic N) is 1. The van der Waals surface area contributed by atoms with E-state index >= 15 is 0 Å². The first kappa shape index (κ1) is 13.1. The first-order valence-corrected chi connectivity index (χ1v) is 5.89. The minimum atomic E-state index is -0.358. The van der Waals surface area contributed by atoms with Crippen LogP contribution in [0.2, 0.25) is 0 Å². The van der Waals surface area contributed by atoms with Crippen LogP contribution in [-0.2, 0) is 11.8 Å². The largest absolute Gasteiger partial charge is 0.465 e. The van der Waals surface area contributed by atoms with Crippen molar-refractivity contribution < 1.29 is 9.53 Å². The summed E-state index contributed by atoms with van der Waals surface area (Å²) in [5.74, 6) is -0.358. The van der Waals surface area contributed by atoms with Crippen molar-refractivity contribution in [1.82, 2.24) is 4.57 Å². The van der Waals surface area contributed by atoms with Crippen LogP contribution in [0.3, 0.4) is 0 Å². The van der Waals surface area contributed by atoms with Gasteiger partial charge in [-0.2, -0.15) is 0 Å². The molecule has 4 heteroatoms. The van der Waals surface area contributed by atoms with E-state index in [1.165, 1.54) is 7.11 Å². The summed E-state index contributed by atoms with van der Waals surface area (Å²) in [4.78, 5) is 23.0. The Morgan fingerprint density at radius 1 is 1.16 bits per heavy atom. The first-order valence-electron chi connectivity index (χ1n) is 5.89. The van der Waals surface area contributed by atoms with Gasteiger partial charge in [0.15, 0.2) is 0 Å². The molecule has 1 aromatic carbocycles. The van der Waals surface area contributed by atoms with Gasteiger partial charge in [-0.15, -0.1) is 0 Å². The molecule has 0 bridgehead atoms. The van der Waals surface area contributed by atoms with E-state index in [1.807, 2.05) is 18.2 Å². The predicted molar refractivity (Wildman–Crippen MR) is 73.2 cm³/mol. The maximum atomic E-state index is 11.6. The Hall–Kier alpha value is -2.36. The number of aromatic nitrogens is 1. The van der Waals surface area contributed by atoms with Crippen molar-refractivity contribution in [2.24, 2.45) is 7.05 Å². The highest BCUT2D eigenvalue weighted by Crippen LogP contribution is 2.19. The number of benzene rings is 1. The zero-order valence-corrected chi connectivity index (χ0v) is 11.1. The van der Waals surface area contributed by atoms with E-state index in [-0.39, 0.29) is 11.5 Å². The normalized spacial score (nSPS) is 10.3. The molecule has 98 valence electrons. The summed E-state index contributed by atoms with van der Waals surface area (Å²) in [5, 5.41) is 0. The molecule has 0 fully saturated rings. The summed E-state index contributed by atoms with van der Waals surface area (Å²) in [5.41, 5.74) is 3.09. The third-order valence-corrected chi connectivity index (χ3v) is 3.00. The van der Waals surface area contributed by atoms with Crippen LogP contribution < -0.4 is 5.56 Å². The van der Waals surface area contributed by atoms with E-state index in [0.717, 1.165) is 11.1 Å². The third kappa shape index (κ3) is 2.57. The molecule has 2 aromatic rings. The standard InChI is InChI=1S/C15H15NO3/c1-10-8-13(9-16(2)14(10)17)11-4-6-12(7-5-11)15(18)19-3/h4-9H,1-3H3. The van der Waals surface area contributed by atoms with Crippen molar-refractivity contribution in [1.29, 1.82) is 0 Å². The van der Waals surface area contributed by atoms with Gasteiger partial charge in [-0.25, -0.2) is 4.79 Å². The van der Waals surface area contributed by atoms with Gasteiger partial charge in [-0.05, 0) is 36.2 Å². The van der Waals surface area contributed by atoms with E-state index in [4.69, 9.17) is 0 Å². The highest BCUT2D eigenvalue weighted by molar-refractivity contribution is 5.89. The van der Waals surface area contributed by atoms with Crippen molar-refractivity contribution in [3.63, 3.8) is 0 Å².